The van der Waals surface area contributed by atoms with Crippen molar-refractivity contribution in [2.45, 2.75) is 26.9 Å². The van der Waals surface area contributed by atoms with E-state index < -0.39 is 11.7 Å². The Morgan fingerprint density at radius 2 is 0.877 bits per heavy atom. The Balaban J connectivity index is 1.26. The second-order valence-electron chi connectivity index (χ2n) is 16.8. The van der Waals surface area contributed by atoms with Gasteiger partial charge < -0.3 is 9.13 Å². The second kappa shape index (κ2) is 15.3. The van der Waals surface area contributed by atoms with Crippen LogP contribution in [0.3, 0.4) is 0 Å². The summed E-state index contributed by atoms with van der Waals surface area (Å²) in [6, 6.07) is 62.4. The maximum Gasteiger partial charge on any atom is 0.416 e. The molecule has 2 heterocycles. The smallest absolute Gasteiger partial charge is 0.310 e. The van der Waals surface area contributed by atoms with Gasteiger partial charge >= 0.3 is 6.18 Å². The molecule has 3 nitrogen and oxygen atoms in total. The lowest BCUT2D eigenvalue weighted by Gasteiger charge is -2.23. The van der Waals surface area contributed by atoms with Crippen molar-refractivity contribution < 1.29 is 13.2 Å². The number of fused-ring (bicyclic) bond motifs is 6. The lowest BCUT2D eigenvalue weighted by atomic mass is 9.88. The van der Waals surface area contributed by atoms with Gasteiger partial charge in [-0.2, -0.15) is 13.2 Å². The lowest BCUT2D eigenvalue weighted by Crippen LogP contribution is -2.06. The minimum Gasteiger partial charge on any atom is -0.310 e. The van der Waals surface area contributed by atoms with Crippen LogP contribution in [0, 0.1) is 27.3 Å². The molecule has 0 aliphatic heterocycles. The van der Waals surface area contributed by atoms with Crippen LogP contribution in [0.25, 0.3) is 104 Å². The molecule has 0 bridgehead atoms. The van der Waals surface area contributed by atoms with Crippen LogP contribution in [-0.2, 0) is 6.18 Å². The summed E-state index contributed by atoms with van der Waals surface area (Å²) in [4.78, 5) is 4.22. The first kappa shape index (κ1) is 39.7. The first-order chi connectivity index (χ1) is 31.6. The molecule has 0 saturated heterocycles. The van der Waals surface area contributed by atoms with Crippen LogP contribution in [0.2, 0.25) is 0 Å². The fraction of sp³-hybridized carbons (Fsp3) is 0.0678. The molecule has 65 heavy (non-hydrogen) atoms. The van der Waals surface area contributed by atoms with Crippen molar-refractivity contribution in [2.75, 3.05) is 0 Å². The molecule has 0 spiro atoms. The van der Waals surface area contributed by atoms with Crippen LogP contribution in [0.5, 0.6) is 0 Å². The van der Waals surface area contributed by atoms with Crippen LogP contribution >= 0.6 is 0 Å². The summed E-state index contributed by atoms with van der Waals surface area (Å²) in [5, 5.41) is 4.26. The van der Waals surface area contributed by atoms with Crippen LogP contribution in [-0.4, -0.2) is 9.13 Å². The van der Waals surface area contributed by atoms with Gasteiger partial charge in [0.05, 0.1) is 39.9 Å². The Kier molecular flexibility index (Phi) is 9.34. The predicted octanol–water partition coefficient (Wildman–Crippen LogP) is 17.0. The molecule has 312 valence electrons. The Morgan fingerprint density at radius 3 is 1.40 bits per heavy atom. The molecular weight excluding hydrogens is 808 g/mol. The van der Waals surface area contributed by atoms with Crippen molar-refractivity contribution >= 4 is 49.3 Å². The molecule has 0 aliphatic rings. The van der Waals surface area contributed by atoms with Crippen LogP contribution < -0.4 is 0 Å². The SMILES string of the molecule is [C-]#[N+]c1cccc(-n2c3ccccc3c3cc(-c4ccccc4C)ccc32)c1-c1c(-c2ccc(C(F)(F)F)cc2C)cccc1-n1c2ccccc2c2cc(-c3ccccc3C)ccc21. The van der Waals surface area contributed by atoms with E-state index in [2.05, 4.69) is 155 Å². The first-order valence-electron chi connectivity index (χ1n) is 21.6. The van der Waals surface area contributed by atoms with Crippen molar-refractivity contribution in [3.63, 3.8) is 0 Å². The molecule has 11 rings (SSSR count). The molecule has 0 aliphatic carbocycles. The van der Waals surface area contributed by atoms with E-state index in [0.29, 0.717) is 22.4 Å². The minimum absolute atomic E-state index is 0.422. The zero-order valence-corrected chi connectivity index (χ0v) is 35.9. The molecule has 6 heteroatoms. The van der Waals surface area contributed by atoms with Crippen LogP contribution in [0.15, 0.2) is 188 Å². The van der Waals surface area contributed by atoms with Gasteiger partial charge in [-0.15, -0.1) is 0 Å². The number of hydrogen-bond donors (Lipinski definition) is 0. The zero-order chi connectivity index (χ0) is 44.6. The Hall–Kier alpha value is -8.14. The van der Waals surface area contributed by atoms with E-state index in [-0.39, 0.29) is 0 Å². The van der Waals surface area contributed by atoms with Gasteiger partial charge in [0.2, 0.25) is 0 Å². The molecule has 11 aromatic rings. The predicted molar refractivity (Wildman–Crippen MR) is 262 cm³/mol. The van der Waals surface area contributed by atoms with Gasteiger partial charge in [0.25, 0.3) is 0 Å². The van der Waals surface area contributed by atoms with Crippen LogP contribution in [0.4, 0.5) is 18.9 Å². The van der Waals surface area contributed by atoms with E-state index in [0.717, 1.165) is 94.4 Å². The van der Waals surface area contributed by atoms with Crippen molar-refractivity contribution in [1.82, 2.24) is 9.13 Å². The molecule has 9 aromatic carbocycles. The zero-order valence-electron chi connectivity index (χ0n) is 35.9. The van der Waals surface area contributed by atoms with Gasteiger partial charge in [0.15, 0.2) is 5.69 Å². The quantitative estimate of drug-likeness (QED) is 0.148. The maximum atomic E-state index is 14.2. The summed E-state index contributed by atoms with van der Waals surface area (Å²) in [5.41, 5.74) is 15.3. The third-order valence-electron chi connectivity index (χ3n) is 13.0. The summed E-state index contributed by atoms with van der Waals surface area (Å²) in [6.45, 7) is 14.7. The standard InChI is InChI=1S/C59H40F3N3/c1-36-15-5-7-17-42(36)39-27-31-53-48(34-39)45-19-9-11-23-51(45)64(53)55-25-13-21-47(44-30-29-41(33-38(44)3)59(60,61)62)57(55)58-50(63-4)22-14-26-56(58)65-52-24-12-10-20-46(52)49-35-40(28-32-54(49)65)43-18-8-6-16-37(43)2/h5-35H,1-3H3. The van der Waals surface area contributed by atoms with Gasteiger partial charge in [0, 0.05) is 38.4 Å². The maximum absolute atomic E-state index is 14.2. The van der Waals surface area contributed by atoms with Crippen LogP contribution in [0.1, 0.15) is 22.3 Å². The van der Waals surface area contributed by atoms with Gasteiger partial charge in [-0.1, -0.05) is 127 Å². The second-order valence-corrected chi connectivity index (χ2v) is 16.8. The van der Waals surface area contributed by atoms with E-state index in [4.69, 9.17) is 6.57 Å². The topological polar surface area (TPSA) is 14.2 Å². The highest BCUT2D eigenvalue weighted by molar-refractivity contribution is 6.14. The average molecular weight is 848 g/mol. The number of aryl methyl sites for hydroxylation is 3. The largest absolute Gasteiger partial charge is 0.416 e. The first-order valence-corrected chi connectivity index (χ1v) is 21.6. The molecule has 0 fully saturated rings. The van der Waals surface area contributed by atoms with Crippen molar-refractivity contribution in [2.24, 2.45) is 0 Å². The molecule has 0 unspecified atom stereocenters. The third kappa shape index (κ3) is 6.42. The van der Waals surface area contributed by atoms with E-state index in [9.17, 15) is 13.2 Å². The highest BCUT2D eigenvalue weighted by Crippen LogP contribution is 2.49. The van der Waals surface area contributed by atoms with Gasteiger partial charge in [-0.05, 0) is 132 Å². The van der Waals surface area contributed by atoms with Crippen molar-refractivity contribution in [3.05, 3.63) is 222 Å². The van der Waals surface area contributed by atoms with Gasteiger partial charge in [0.1, 0.15) is 0 Å². The summed E-state index contributed by atoms with van der Waals surface area (Å²) >= 11 is 0. The summed E-state index contributed by atoms with van der Waals surface area (Å²) in [5.74, 6) is 0. The van der Waals surface area contributed by atoms with Crippen molar-refractivity contribution in [1.29, 1.82) is 0 Å². The fourth-order valence-corrected chi connectivity index (χ4v) is 10.0. The Morgan fingerprint density at radius 1 is 0.400 bits per heavy atom. The molecule has 0 N–H and O–H groups in total. The van der Waals surface area contributed by atoms with E-state index >= 15 is 0 Å². The molecular formula is C59H40F3N3. The Bertz CT molecular complexity index is 3760. The number of alkyl halides is 3. The number of rotatable bonds is 6. The highest BCUT2D eigenvalue weighted by atomic mass is 19.4. The number of nitrogens with zero attached hydrogens (tertiary/aromatic N) is 3. The molecule has 2 aromatic heterocycles. The lowest BCUT2D eigenvalue weighted by molar-refractivity contribution is -0.137. The molecule has 0 saturated carbocycles. The average Bonchev–Trinajstić information content (AvgIpc) is 3.83. The third-order valence-corrected chi connectivity index (χ3v) is 13.0. The van der Waals surface area contributed by atoms with E-state index in [1.165, 1.54) is 17.2 Å². The molecule has 0 radical (unpaired) electrons. The highest BCUT2D eigenvalue weighted by Gasteiger charge is 2.32. The number of aromatic nitrogens is 2. The van der Waals surface area contributed by atoms with Gasteiger partial charge in [-0.25, -0.2) is 4.85 Å². The molecule has 0 amide bonds. The number of benzene rings is 9. The van der Waals surface area contributed by atoms with E-state index in [1.54, 1.807) is 13.0 Å². The minimum atomic E-state index is -4.51. The number of hydrogen-bond acceptors (Lipinski definition) is 0. The molecule has 0 atom stereocenters. The summed E-state index contributed by atoms with van der Waals surface area (Å²) < 4.78 is 47.2. The monoisotopic (exact) mass is 847 g/mol. The summed E-state index contributed by atoms with van der Waals surface area (Å²) in [6.07, 6.45) is -4.51. The fourth-order valence-electron chi connectivity index (χ4n) is 10.0. The number of halogens is 3. The summed E-state index contributed by atoms with van der Waals surface area (Å²) in [7, 11) is 0. The van der Waals surface area contributed by atoms with Gasteiger partial charge in [-0.3, -0.25) is 0 Å². The Labute approximate surface area is 374 Å². The number of para-hydroxylation sites is 2. The normalized spacial score (nSPS) is 11.8. The van der Waals surface area contributed by atoms with Crippen molar-refractivity contribution in [3.8, 4) is 55.9 Å². The van der Waals surface area contributed by atoms with E-state index in [1.807, 2.05) is 42.5 Å².